The van der Waals surface area contributed by atoms with Crippen LogP contribution in [0.15, 0.2) is 24.3 Å². The Morgan fingerprint density at radius 3 is 2.30 bits per heavy atom. The lowest BCUT2D eigenvalue weighted by Gasteiger charge is -2.20. The first-order valence-electron chi connectivity index (χ1n) is 6.48. The first-order chi connectivity index (χ1) is 9.26. The van der Waals surface area contributed by atoms with Crippen molar-refractivity contribution in [2.45, 2.75) is 32.7 Å². The Labute approximate surface area is 119 Å². The van der Waals surface area contributed by atoms with Crippen molar-refractivity contribution in [2.75, 3.05) is 17.2 Å². The zero-order chi connectivity index (χ0) is 15.2. The predicted octanol–water partition coefficient (Wildman–Crippen LogP) is 1.89. The molecule has 110 valence electrons. The molecule has 0 saturated carbocycles. The molecule has 0 aromatic heterocycles. The van der Waals surface area contributed by atoms with E-state index >= 15 is 0 Å². The van der Waals surface area contributed by atoms with E-state index in [1.54, 1.807) is 24.3 Å². The number of carbonyl (C=O) groups is 2. The molecule has 0 radical (unpaired) electrons. The van der Waals surface area contributed by atoms with E-state index in [9.17, 15) is 9.59 Å². The highest BCUT2D eigenvalue weighted by Crippen LogP contribution is 2.15. The number of carbonyl (C=O) groups excluding carboxylic acids is 2. The smallest absolute Gasteiger partial charge is 0.316 e. The average molecular weight is 278 g/mol. The maximum absolute atomic E-state index is 11.8. The molecule has 5 N–H and O–H groups in total. The predicted molar refractivity (Wildman–Crippen MR) is 80.7 cm³/mol. The molecule has 0 heterocycles. The second-order valence-corrected chi connectivity index (χ2v) is 5.55. The zero-order valence-electron chi connectivity index (χ0n) is 12.1. The Balaban J connectivity index is 2.47. The molecule has 6 heteroatoms. The number of amides is 3. The third kappa shape index (κ3) is 6.75. The molecule has 6 nitrogen and oxygen atoms in total. The van der Waals surface area contributed by atoms with Gasteiger partial charge < -0.3 is 21.7 Å². The molecule has 0 aliphatic rings. The molecule has 1 aromatic carbocycles. The van der Waals surface area contributed by atoms with Crippen molar-refractivity contribution in [3.8, 4) is 0 Å². The fourth-order valence-corrected chi connectivity index (χ4v) is 1.59. The molecule has 0 saturated heterocycles. The second-order valence-electron chi connectivity index (χ2n) is 5.55. The quantitative estimate of drug-likeness (QED) is 0.662. The van der Waals surface area contributed by atoms with Gasteiger partial charge in [-0.1, -0.05) is 6.07 Å². The van der Waals surface area contributed by atoms with Crippen LogP contribution in [0.2, 0.25) is 0 Å². The SMILES string of the molecule is CC(C)(C)NCCC(=O)Nc1cccc(NC(N)=O)c1. The maximum Gasteiger partial charge on any atom is 0.316 e. The van der Waals surface area contributed by atoms with Crippen molar-refractivity contribution in [3.63, 3.8) is 0 Å². The second kappa shape index (κ2) is 6.91. The summed E-state index contributed by atoms with van der Waals surface area (Å²) in [4.78, 5) is 22.5. The topological polar surface area (TPSA) is 96.2 Å². The standard InChI is InChI=1S/C14H22N4O2/c1-14(2,3)16-8-7-12(19)17-10-5-4-6-11(9-10)18-13(15)20/h4-6,9,16H,7-8H2,1-3H3,(H,17,19)(H3,15,18,20). The normalized spacial score (nSPS) is 10.9. The van der Waals surface area contributed by atoms with Gasteiger partial charge in [0.25, 0.3) is 0 Å². The highest BCUT2D eigenvalue weighted by atomic mass is 16.2. The summed E-state index contributed by atoms with van der Waals surface area (Å²) in [6, 6.07) is 6.19. The van der Waals surface area contributed by atoms with E-state index < -0.39 is 6.03 Å². The molecule has 0 bridgehead atoms. The van der Waals surface area contributed by atoms with Crippen molar-refractivity contribution in [2.24, 2.45) is 5.73 Å². The van der Waals surface area contributed by atoms with Gasteiger partial charge in [-0.05, 0) is 39.0 Å². The van der Waals surface area contributed by atoms with Gasteiger partial charge in [-0.3, -0.25) is 4.79 Å². The summed E-state index contributed by atoms with van der Waals surface area (Å²) in [5, 5.41) is 8.47. The average Bonchev–Trinajstić information content (AvgIpc) is 2.26. The minimum Gasteiger partial charge on any atom is -0.351 e. The van der Waals surface area contributed by atoms with E-state index in [1.807, 2.05) is 20.8 Å². The Morgan fingerprint density at radius 1 is 1.15 bits per heavy atom. The first kappa shape index (κ1) is 16.0. The number of primary amides is 1. The number of nitrogens with one attached hydrogen (secondary N) is 3. The van der Waals surface area contributed by atoms with Crippen molar-refractivity contribution < 1.29 is 9.59 Å². The van der Waals surface area contributed by atoms with Gasteiger partial charge in [0.2, 0.25) is 5.91 Å². The summed E-state index contributed by atoms with van der Waals surface area (Å²) in [5.74, 6) is -0.0852. The number of hydrogen-bond acceptors (Lipinski definition) is 3. The Morgan fingerprint density at radius 2 is 1.75 bits per heavy atom. The van der Waals surface area contributed by atoms with Gasteiger partial charge in [0, 0.05) is 29.9 Å². The summed E-state index contributed by atoms with van der Waals surface area (Å²) in [5.41, 5.74) is 6.20. The van der Waals surface area contributed by atoms with Crippen LogP contribution in [0.5, 0.6) is 0 Å². The van der Waals surface area contributed by atoms with Crippen molar-refractivity contribution >= 4 is 23.3 Å². The van der Waals surface area contributed by atoms with Crippen LogP contribution in [-0.2, 0) is 4.79 Å². The third-order valence-corrected chi connectivity index (χ3v) is 2.42. The van der Waals surface area contributed by atoms with Gasteiger partial charge in [-0.25, -0.2) is 4.79 Å². The number of anilines is 2. The molecule has 0 aliphatic carbocycles. The van der Waals surface area contributed by atoms with E-state index in [0.717, 1.165) is 0 Å². The molecule has 0 aliphatic heterocycles. The van der Waals surface area contributed by atoms with Crippen LogP contribution in [0, 0.1) is 0 Å². The molecule has 3 amide bonds. The van der Waals surface area contributed by atoms with E-state index in [1.165, 1.54) is 0 Å². The van der Waals surface area contributed by atoms with Gasteiger partial charge in [-0.15, -0.1) is 0 Å². The van der Waals surface area contributed by atoms with Gasteiger partial charge in [0.05, 0.1) is 0 Å². The number of benzene rings is 1. The Bertz CT molecular complexity index is 480. The van der Waals surface area contributed by atoms with Gasteiger partial charge in [0.15, 0.2) is 0 Å². The van der Waals surface area contributed by atoms with Crippen LogP contribution < -0.4 is 21.7 Å². The number of rotatable bonds is 5. The van der Waals surface area contributed by atoms with Gasteiger partial charge in [0.1, 0.15) is 0 Å². The van der Waals surface area contributed by atoms with Crippen LogP contribution in [0.4, 0.5) is 16.2 Å². The summed E-state index contributed by atoms with van der Waals surface area (Å²) >= 11 is 0. The molecule has 0 fully saturated rings. The zero-order valence-corrected chi connectivity index (χ0v) is 12.1. The highest BCUT2D eigenvalue weighted by Gasteiger charge is 2.09. The summed E-state index contributed by atoms with van der Waals surface area (Å²) < 4.78 is 0. The molecule has 1 aromatic rings. The third-order valence-electron chi connectivity index (χ3n) is 2.42. The fourth-order valence-electron chi connectivity index (χ4n) is 1.59. The van der Waals surface area contributed by atoms with Crippen LogP contribution in [0.1, 0.15) is 27.2 Å². The minimum atomic E-state index is -0.636. The fraction of sp³-hybridized carbons (Fsp3) is 0.429. The van der Waals surface area contributed by atoms with E-state index in [0.29, 0.717) is 24.3 Å². The van der Waals surface area contributed by atoms with Crippen LogP contribution >= 0.6 is 0 Å². The van der Waals surface area contributed by atoms with Crippen LogP contribution in [0.3, 0.4) is 0 Å². The van der Waals surface area contributed by atoms with E-state index in [-0.39, 0.29) is 11.4 Å². The largest absolute Gasteiger partial charge is 0.351 e. The molecule has 0 spiro atoms. The Hall–Kier alpha value is -2.08. The highest BCUT2D eigenvalue weighted by molar-refractivity contribution is 5.93. The maximum atomic E-state index is 11.8. The number of urea groups is 1. The lowest BCUT2D eigenvalue weighted by atomic mass is 10.1. The number of nitrogens with two attached hydrogens (primary N) is 1. The summed E-state index contributed by atoms with van der Waals surface area (Å²) in [7, 11) is 0. The molecule has 0 atom stereocenters. The molecular weight excluding hydrogens is 256 g/mol. The van der Waals surface area contributed by atoms with E-state index in [2.05, 4.69) is 16.0 Å². The number of hydrogen-bond donors (Lipinski definition) is 4. The minimum absolute atomic E-state index is 0.00833. The lowest BCUT2D eigenvalue weighted by Crippen LogP contribution is -2.37. The Kier molecular flexibility index (Phi) is 5.52. The lowest BCUT2D eigenvalue weighted by molar-refractivity contribution is -0.116. The molecule has 20 heavy (non-hydrogen) atoms. The van der Waals surface area contributed by atoms with Crippen LogP contribution in [-0.4, -0.2) is 24.0 Å². The monoisotopic (exact) mass is 278 g/mol. The van der Waals surface area contributed by atoms with Crippen LogP contribution in [0.25, 0.3) is 0 Å². The van der Waals surface area contributed by atoms with Gasteiger partial charge >= 0.3 is 6.03 Å². The first-order valence-corrected chi connectivity index (χ1v) is 6.48. The summed E-state index contributed by atoms with van der Waals surface area (Å²) in [6.07, 6.45) is 0.380. The van der Waals surface area contributed by atoms with E-state index in [4.69, 9.17) is 5.73 Å². The molecular formula is C14H22N4O2. The molecule has 1 rings (SSSR count). The van der Waals surface area contributed by atoms with Crippen molar-refractivity contribution in [3.05, 3.63) is 24.3 Å². The van der Waals surface area contributed by atoms with Crippen molar-refractivity contribution in [1.82, 2.24) is 5.32 Å². The van der Waals surface area contributed by atoms with Gasteiger partial charge in [-0.2, -0.15) is 0 Å². The van der Waals surface area contributed by atoms with Crippen molar-refractivity contribution in [1.29, 1.82) is 0 Å². The molecule has 0 unspecified atom stereocenters. The summed E-state index contributed by atoms with van der Waals surface area (Å²) in [6.45, 7) is 6.74.